The fraction of sp³-hybridized carbons (Fsp3) is 0.583. The first kappa shape index (κ1) is 13.7. The third-order valence-electron chi connectivity index (χ3n) is 2.46. The highest BCUT2D eigenvalue weighted by Crippen LogP contribution is 2.10. The largest absolute Gasteiger partial charge is 0.345 e. The van der Waals surface area contributed by atoms with Crippen molar-refractivity contribution in [3.63, 3.8) is 0 Å². The lowest BCUT2D eigenvalue weighted by molar-refractivity contribution is -0.129. The van der Waals surface area contributed by atoms with Crippen LogP contribution >= 0.6 is 27.3 Å². The molecule has 1 heterocycles. The van der Waals surface area contributed by atoms with Crippen molar-refractivity contribution in [1.82, 2.24) is 4.90 Å². The molecule has 0 aliphatic carbocycles. The summed E-state index contributed by atoms with van der Waals surface area (Å²) in [5.74, 6) is 0.223. The molecule has 1 aromatic rings. The van der Waals surface area contributed by atoms with E-state index in [0.29, 0.717) is 6.42 Å². The molecule has 2 nitrogen and oxygen atoms in total. The van der Waals surface area contributed by atoms with E-state index < -0.39 is 0 Å². The molecule has 0 bridgehead atoms. The van der Waals surface area contributed by atoms with E-state index in [1.807, 2.05) is 29.5 Å². The van der Waals surface area contributed by atoms with Crippen LogP contribution in [0.5, 0.6) is 0 Å². The highest BCUT2D eigenvalue weighted by Gasteiger charge is 2.09. The Morgan fingerprint density at radius 2 is 2.25 bits per heavy atom. The molecule has 0 atom stereocenters. The molecule has 1 aromatic heterocycles. The lowest BCUT2D eigenvalue weighted by Gasteiger charge is -2.16. The van der Waals surface area contributed by atoms with Gasteiger partial charge in [0.25, 0.3) is 0 Å². The Labute approximate surface area is 110 Å². The van der Waals surface area contributed by atoms with Gasteiger partial charge >= 0.3 is 0 Å². The summed E-state index contributed by atoms with van der Waals surface area (Å²) in [7, 11) is 1.89. The van der Waals surface area contributed by atoms with Crippen LogP contribution < -0.4 is 0 Å². The highest BCUT2D eigenvalue weighted by atomic mass is 79.9. The van der Waals surface area contributed by atoms with E-state index in [9.17, 15) is 4.79 Å². The number of amides is 1. The molecule has 0 saturated heterocycles. The topological polar surface area (TPSA) is 20.3 Å². The Hall–Kier alpha value is -0.350. The van der Waals surface area contributed by atoms with Gasteiger partial charge in [-0.3, -0.25) is 4.79 Å². The Morgan fingerprint density at radius 3 is 2.88 bits per heavy atom. The summed E-state index contributed by atoms with van der Waals surface area (Å²) in [5, 5.41) is 3.07. The summed E-state index contributed by atoms with van der Waals surface area (Å²) in [4.78, 5) is 14.8. The van der Waals surface area contributed by atoms with Gasteiger partial charge in [-0.25, -0.2) is 0 Å². The van der Waals surface area contributed by atoms with E-state index in [0.717, 1.165) is 23.2 Å². The first-order valence-corrected chi connectivity index (χ1v) is 7.56. The van der Waals surface area contributed by atoms with E-state index in [4.69, 9.17) is 0 Å². The Morgan fingerprint density at radius 1 is 1.44 bits per heavy atom. The number of hydrogen-bond acceptors (Lipinski definition) is 2. The molecule has 0 fully saturated rings. The number of thiophene rings is 1. The van der Waals surface area contributed by atoms with Crippen molar-refractivity contribution < 1.29 is 4.79 Å². The van der Waals surface area contributed by atoms with Crippen LogP contribution in [0.15, 0.2) is 17.5 Å². The zero-order chi connectivity index (χ0) is 11.8. The van der Waals surface area contributed by atoms with E-state index in [1.165, 1.54) is 12.8 Å². The van der Waals surface area contributed by atoms with Gasteiger partial charge in [-0.2, -0.15) is 0 Å². The van der Waals surface area contributed by atoms with Gasteiger partial charge in [0.05, 0.1) is 6.42 Å². The van der Waals surface area contributed by atoms with Crippen molar-refractivity contribution in [2.24, 2.45) is 0 Å². The molecule has 90 valence electrons. The Bertz CT molecular complexity index is 300. The summed E-state index contributed by atoms with van der Waals surface area (Å²) in [6.45, 7) is 0.872. The van der Waals surface area contributed by atoms with Crippen LogP contribution in [0, 0.1) is 0 Å². The molecule has 0 aliphatic heterocycles. The molecule has 0 saturated carbocycles. The molecule has 4 heteroatoms. The molecular weight excluding hydrogens is 286 g/mol. The summed E-state index contributed by atoms with van der Waals surface area (Å²) >= 11 is 5.05. The van der Waals surface area contributed by atoms with Gasteiger partial charge in [-0.1, -0.05) is 28.4 Å². The van der Waals surface area contributed by atoms with Crippen LogP contribution in [0.2, 0.25) is 0 Å². The fourth-order valence-corrected chi connectivity index (χ4v) is 2.53. The predicted octanol–water partition coefficient (Wildman–Crippen LogP) is 3.31. The van der Waals surface area contributed by atoms with Gasteiger partial charge in [-0.05, 0) is 24.3 Å². The molecule has 0 spiro atoms. The van der Waals surface area contributed by atoms with Crippen LogP contribution in [0.1, 0.15) is 24.1 Å². The van der Waals surface area contributed by atoms with Crippen LogP contribution in [-0.4, -0.2) is 29.7 Å². The summed E-state index contributed by atoms with van der Waals surface area (Å²) < 4.78 is 0. The van der Waals surface area contributed by atoms with E-state index in [1.54, 1.807) is 11.3 Å². The molecule has 0 radical (unpaired) electrons. The van der Waals surface area contributed by atoms with Crippen molar-refractivity contribution >= 4 is 33.2 Å². The molecule has 0 N–H and O–H groups in total. The standard InChI is InChI=1S/C12H18BrNOS/c1-14(8-4-2-3-7-13)12(15)10-11-6-5-9-16-11/h5-6,9H,2-4,7-8,10H2,1H3. The minimum Gasteiger partial charge on any atom is -0.345 e. The quantitative estimate of drug-likeness (QED) is 0.559. The smallest absolute Gasteiger partial charge is 0.227 e. The number of likely N-dealkylation sites (N-methyl/N-ethyl adjacent to an activating group) is 1. The molecule has 0 aromatic carbocycles. The van der Waals surface area contributed by atoms with Crippen LogP contribution in [0.25, 0.3) is 0 Å². The predicted molar refractivity (Wildman–Crippen MR) is 73.3 cm³/mol. The minimum absolute atomic E-state index is 0.223. The number of hydrogen-bond donors (Lipinski definition) is 0. The molecule has 0 unspecified atom stereocenters. The summed E-state index contributed by atoms with van der Waals surface area (Å²) in [5.41, 5.74) is 0. The zero-order valence-corrected chi connectivity index (χ0v) is 12.0. The number of nitrogens with zero attached hydrogens (tertiary/aromatic N) is 1. The van der Waals surface area contributed by atoms with Crippen LogP contribution in [0.3, 0.4) is 0 Å². The molecule has 16 heavy (non-hydrogen) atoms. The average molecular weight is 304 g/mol. The molecule has 1 rings (SSSR count). The number of rotatable bonds is 7. The van der Waals surface area contributed by atoms with Gasteiger partial charge < -0.3 is 4.90 Å². The van der Waals surface area contributed by atoms with Crippen molar-refractivity contribution in [1.29, 1.82) is 0 Å². The normalized spacial score (nSPS) is 10.4. The van der Waals surface area contributed by atoms with Gasteiger partial charge in [0, 0.05) is 23.8 Å². The Kier molecular flexibility index (Phi) is 6.73. The number of unbranched alkanes of at least 4 members (excludes halogenated alkanes) is 2. The number of alkyl halides is 1. The second-order valence-electron chi connectivity index (χ2n) is 3.82. The maximum absolute atomic E-state index is 11.8. The van der Waals surface area contributed by atoms with E-state index in [2.05, 4.69) is 15.9 Å². The van der Waals surface area contributed by atoms with Gasteiger partial charge in [-0.15, -0.1) is 11.3 Å². The lowest BCUT2D eigenvalue weighted by Crippen LogP contribution is -2.28. The maximum Gasteiger partial charge on any atom is 0.227 e. The SMILES string of the molecule is CN(CCCCCBr)C(=O)Cc1cccs1. The molecule has 0 aliphatic rings. The maximum atomic E-state index is 11.8. The third kappa shape index (κ3) is 5.12. The zero-order valence-electron chi connectivity index (χ0n) is 9.62. The lowest BCUT2D eigenvalue weighted by atomic mass is 10.2. The summed E-state index contributed by atoms with van der Waals surface area (Å²) in [6, 6.07) is 4.00. The first-order chi connectivity index (χ1) is 7.74. The van der Waals surface area contributed by atoms with Gasteiger partial charge in [0.2, 0.25) is 5.91 Å². The average Bonchev–Trinajstić information content (AvgIpc) is 2.76. The van der Waals surface area contributed by atoms with E-state index >= 15 is 0 Å². The number of carbonyl (C=O) groups is 1. The fourth-order valence-electron chi connectivity index (χ4n) is 1.44. The monoisotopic (exact) mass is 303 g/mol. The number of carbonyl (C=O) groups excluding carboxylic acids is 1. The second-order valence-corrected chi connectivity index (χ2v) is 5.65. The van der Waals surface area contributed by atoms with Gasteiger partial charge in [0.1, 0.15) is 0 Å². The van der Waals surface area contributed by atoms with Crippen LogP contribution in [-0.2, 0) is 11.2 Å². The second kappa shape index (κ2) is 7.85. The van der Waals surface area contributed by atoms with Gasteiger partial charge in [0.15, 0.2) is 0 Å². The van der Waals surface area contributed by atoms with Crippen LogP contribution in [0.4, 0.5) is 0 Å². The van der Waals surface area contributed by atoms with Crippen molar-refractivity contribution in [2.45, 2.75) is 25.7 Å². The van der Waals surface area contributed by atoms with Crippen molar-refractivity contribution in [3.8, 4) is 0 Å². The first-order valence-electron chi connectivity index (χ1n) is 5.56. The third-order valence-corrected chi connectivity index (χ3v) is 3.90. The van der Waals surface area contributed by atoms with Crippen molar-refractivity contribution in [2.75, 3.05) is 18.9 Å². The molecule has 1 amide bonds. The molecular formula is C12H18BrNOS. The number of halogens is 1. The van der Waals surface area contributed by atoms with E-state index in [-0.39, 0.29) is 5.91 Å². The minimum atomic E-state index is 0.223. The highest BCUT2D eigenvalue weighted by molar-refractivity contribution is 9.09. The summed E-state index contributed by atoms with van der Waals surface area (Å²) in [6.07, 6.45) is 4.01. The Balaban J connectivity index is 2.20. The van der Waals surface area contributed by atoms with Crippen molar-refractivity contribution in [3.05, 3.63) is 22.4 Å².